The lowest BCUT2D eigenvalue weighted by Crippen LogP contribution is -2.34. The van der Waals surface area contributed by atoms with E-state index in [9.17, 15) is 4.39 Å². The van der Waals surface area contributed by atoms with Crippen LogP contribution in [0.15, 0.2) is 61.1 Å². The third-order valence-corrected chi connectivity index (χ3v) is 7.61. The Balaban J connectivity index is 1.21. The number of fused-ring (bicyclic) bond motifs is 2. The van der Waals surface area contributed by atoms with Gasteiger partial charge in [0.25, 0.3) is 0 Å². The number of pyridine rings is 3. The first-order valence-corrected chi connectivity index (χ1v) is 14.6. The summed E-state index contributed by atoms with van der Waals surface area (Å²) in [6.45, 7) is 3.07. The number of rotatable bonds is 9. The molecule has 1 fully saturated rings. The van der Waals surface area contributed by atoms with Crippen molar-refractivity contribution in [2.24, 2.45) is 0 Å². The topological polar surface area (TPSA) is 130 Å². The number of likely N-dealkylation sites (N-methyl/N-ethyl adjacent to an activating group) is 1. The number of H-pyrrole nitrogens is 2. The molecular weight excluding hydrogens is 561 g/mol. The monoisotopic (exact) mass is 593 g/mol. The summed E-state index contributed by atoms with van der Waals surface area (Å²) in [7, 11) is 3.92. The predicted molar refractivity (Wildman–Crippen MR) is 166 cm³/mol. The van der Waals surface area contributed by atoms with Crippen LogP contribution in [-0.2, 0) is 0 Å². The average Bonchev–Trinajstić information content (AvgIpc) is 3.65. The first-order chi connectivity index (χ1) is 21.5. The third-order valence-electron chi connectivity index (χ3n) is 7.61. The van der Waals surface area contributed by atoms with E-state index in [0.29, 0.717) is 46.1 Å². The summed E-state index contributed by atoms with van der Waals surface area (Å²) in [4.78, 5) is 23.9. The first-order valence-electron chi connectivity index (χ1n) is 14.6. The summed E-state index contributed by atoms with van der Waals surface area (Å²) in [5.41, 5.74) is 6.08. The van der Waals surface area contributed by atoms with Crippen molar-refractivity contribution in [3.8, 4) is 45.4 Å². The number of halogens is 1. The molecule has 0 saturated carbocycles. The summed E-state index contributed by atoms with van der Waals surface area (Å²) in [5.74, 6) is 1.29. The molecule has 3 N–H and O–H groups in total. The van der Waals surface area contributed by atoms with Gasteiger partial charge in [0.1, 0.15) is 35.5 Å². The predicted octanol–water partition coefficient (Wildman–Crippen LogP) is 4.84. The molecule has 0 aliphatic carbocycles. The largest absolute Gasteiger partial charge is 0.492 e. The molecule has 0 atom stereocenters. The number of hydrogen-bond acceptors (Lipinski definition) is 9. The smallest absolute Gasteiger partial charge is 0.178 e. The molecule has 224 valence electrons. The maximum Gasteiger partial charge on any atom is 0.178 e. The Bertz CT molecular complexity index is 1930. The number of nitrogens with one attached hydrogen (secondary N) is 3. The maximum atomic E-state index is 14.7. The molecule has 6 heterocycles. The van der Waals surface area contributed by atoms with Gasteiger partial charge < -0.3 is 24.7 Å². The van der Waals surface area contributed by atoms with Crippen LogP contribution in [0.25, 0.3) is 56.1 Å². The van der Waals surface area contributed by atoms with Gasteiger partial charge in [0.2, 0.25) is 0 Å². The number of hydrogen-bond donors (Lipinski definition) is 3. The second kappa shape index (κ2) is 12.0. The van der Waals surface area contributed by atoms with Crippen LogP contribution in [-0.4, -0.2) is 86.5 Å². The van der Waals surface area contributed by atoms with Crippen molar-refractivity contribution in [1.29, 1.82) is 0 Å². The van der Waals surface area contributed by atoms with Crippen LogP contribution in [0, 0.1) is 5.82 Å². The second-order valence-corrected chi connectivity index (χ2v) is 11.1. The van der Waals surface area contributed by atoms with E-state index in [-0.39, 0.29) is 11.9 Å². The summed E-state index contributed by atoms with van der Waals surface area (Å²) < 4.78 is 26.7. The van der Waals surface area contributed by atoms with Gasteiger partial charge in [-0.2, -0.15) is 5.10 Å². The second-order valence-electron chi connectivity index (χ2n) is 11.1. The minimum absolute atomic E-state index is 0.172. The molecule has 1 aliphatic rings. The highest BCUT2D eigenvalue weighted by Crippen LogP contribution is 2.33. The summed E-state index contributed by atoms with van der Waals surface area (Å²) in [5, 5.41) is 10.9. The molecule has 6 aromatic rings. The van der Waals surface area contributed by atoms with E-state index in [1.807, 2.05) is 49.3 Å². The lowest BCUT2D eigenvalue weighted by Gasteiger charge is -2.23. The Morgan fingerprint density at radius 1 is 0.977 bits per heavy atom. The van der Waals surface area contributed by atoms with Crippen LogP contribution in [0.2, 0.25) is 0 Å². The molecule has 1 aliphatic heterocycles. The summed E-state index contributed by atoms with van der Waals surface area (Å²) in [6.07, 6.45) is 7.27. The van der Waals surface area contributed by atoms with Gasteiger partial charge in [0.15, 0.2) is 17.2 Å². The molecule has 5 aromatic heterocycles. The molecule has 0 bridgehead atoms. The Morgan fingerprint density at radius 3 is 2.70 bits per heavy atom. The lowest BCUT2D eigenvalue weighted by atomic mass is 10.1. The molecule has 1 saturated heterocycles. The molecule has 7 rings (SSSR count). The van der Waals surface area contributed by atoms with E-state index >= 15 is 0 Å². The van der Waals surface area contributed by atoms with Crippen molar-refractivity contribution >= 4 is 22.2 Å². The molecule has 1 aromatic carbocycles. The fraction of sp³-hybridized carbons (Fsp3) is 0.281. The fourth-order valence-corrected chi connectivity index (χ4v) is 5.37. The van der Waals surface area contributed by atoms with E-state index in [2.05, 4.69) is 30.5 Å². The molecule has 0 amide bonds. The first kappa shape index (κ1) is 27.9. The highest BCUT2D eigenvalue weighted by atomic mass is 19.1. The van der Waals surface area contributed by atoms with Crippen LogP contribution in [0.5, 0.6) is 11.5 Å². The molecule has 12 heteroatoms. The van der Waals surface area contributed by atoms with Gasteiger partial charge >= 0.3 is 0 Å². The number of nitrogens with zero attached hydrogens (tertiary/aromatic N) is 6. The zero-order valence-corrected chi connectivity index (χ0v) is 24.5. The van der Waals surface area contributed by atoms with Gasteiger partial charge in [-0.3, -0.25) is 10.1 Å². The molecule has 0 radical (unpaired) electrons. The molecule has 11 nitrogen and oxygen atoms in total. The van der Waals surface area contributed by atoms with E-state index in [1.165, 1.54) is 12.1 Å². The van der Waals surface area contributed by atoms with Crippen molar-refractivity contribution in [2.45, 2.75) is 18.9 Å². The van der Waals surface area contributed by atoms with E-state index in [0.717, 1.165) is 60.6 Å². The van der Waals surface area contributed by atoms with Crippen molar-refractivity contribution in [3.63, 3.8) is 0 Å². The quantitative estimate of drug-likeness (QED) is 0.216. The van der Waals surface area contributed by atoms with Gasteiger partial charge in [-0.15, -0.1) is 0 Å². The van der Waals surface area contributed by atoms with Crippen LogP contribution >= 0.6 is 0 Å². The number of piperidine rings is 1. The van der Waals surface area contributed by atoms with Crippen LogP contribution in [0.4, 0.5) is 4.39 Å². The van der Waals surface area contributed by atoms with Crippen molar-refractivity contribution in [2.75, 3.05) is 40.3 Å². The van der Waals surface area contributed by atoms with Crippen LogP contribution in [0.1, 0.15) is 12.8 Å². The summed E-state index contributed by atoms with van der Waals surface area (Å²) in [6, 6.07) is 12.3. The van der Waals surface area contributed by atoms with Gasteiger partial charge in [-0.25, -0.2) is 19.3 Å². The Labute approximate surface area is 252 Å². The average molecular weight is 594 g/mol. The van der Waals surface area contributed by atoms with Gasteiger partial charge in [0.05, 0.1) is 22.9 Å². The van der Waals surface area contributed by atoms with Crippen LogP contribution in [0.3, 0.4) is 0 Å². The fourth-order valence-electron chi connectivity index (χ4n) is 5.37. The van der Waals surface area contributed by atoms with Gasteiger partial charge in [-0.1, -0.05) is 0 Å². The van der Waals surface area contributed by atoms with E-state index < -0.39 is 0 Å². The number of ether oxygens (including phenoxy) is 2. The highest BCUT2D eigenvalue weighted by molar-refractivity contribution is 5.95. The standard InChI is InChI=1S/C32H32FN9O2/c1-42(2)11-12-43-23-14-19(13-21(33)16-23)25-7-10-36-31-28(25)38-32(39-31)30-29-27(40-41-30)4-3-26(37-29)20-15-24(18-35-17-20)44-22-5-8-34-9-6-22/h3-4,7,10,13-18,22,34H,5-6,8-9,11-12H2,1-2H3,(H,40,41)(H,36,38,39). The van der Waals surface area contributed by atoms with Crippen molar-refractivity contribution < 1.29 is 13.9 Å². The van der Waals surface area contributed by atoms with E-state index in [1.54, 1.807) is 18.6 Å². The Hall–Kier alpha value is -4.94. The minimum atomic E-state index is -0.387. The number of aromatic amines is 2. The van der Waals surface area contributed by atoms with Gasteiger partial charge in [0, 0.05) is 36.1 Å². The molecule has 0 spiro atoms. The zero-order chi connectivity index (χ0) is 30.0. The Kier molecular flexibility index (Phi) is 7.59. The van der Waals surface area contributed by atoms with Crippen molar-refractivity contribution in [1.82, 2.24) is 45.3 Å². The number of imidazole rings is 1. The Morgan fingerprint density at radius 2 is 1.84 bits per heavy atom. The van der Waals surface area contributed by atoms with E-state index in [4.69, 9.17) is 19.4 Å². The normalized spacial score (nSPS) is 14.1. The SMILES string of the molecule is CN(C)CCOc1cc(F)cc(-c2ccnc3nc(-c4n[nH]c5ccc(-c6cncc(OC7CCNCC7)c6)nc45)[nH]c23)c1. The highest BCUT2D eigenvalue weighted by Gasteiger charge is 2.19. The maximum absolute atomic E-state index is 14.7. The lowest BCUT2D eigenvalue weighted by molar-refractivity contribution is 0.162. The zero-order valence-electron chi connectivity index (χ0n) is 24.5. The molecule has 44 heavy (non-hydrogen) atoms. The number of benzene rings is 1. The van der Waals surface area contributed by atoms with Crippen molar-refractivity contribution in [3.05, 3.63) is 66.9 Å². The third kappa shape index (κ3) is 5.81. The molecular formula is C32H32FN9O2. The minimum Gasteiger partial charge on any atom is -0.492 e. The summed E-state index contributed by atoms with van der Waals surface area (Å²) >= 11 is 0. The van der Waals surface area contributed by atoms with Crippen LogP contribution < -0.4 is 14.8 Å². The van der Waals surface area contributed by atoms with Gasteiger partial charge in [-0.05, 0) is 82.0 Å². The molecule has 0 unspecified atom stereocenters. The number of aromatic nitrogens is 7.